The number of aryl methyl sites for hydroxylation is 1. The van der Waals surface area contributed by atoms with Crippen LogP contribution in [0.3, 0.4) is 0 Å². The summed E-state index contributed by atoms with van der Waals surface area (Å²) in [6, 6.07) is 2.95. The van der Waals surface area contributed by atoms with Crippen LogP contribution in [0.15, 0.2) is 34.0 Å². The fourth-order valence-corrected chi connectivity index (χ4v) is 2.59. The second-order valence-electron chi connectivity index (χ2n) is 4.09. The van der Waals surface area contributed by atoms with Gasteiger partial charge < -0.3 is 10.2 Å². The van der Waals surface area contributed by atoms with Gasteiger partial charge in [-0.05, 0) is 24.1 Å². The molecule has 8 heteroatoms. The van der Waals surface area contributed by atoms with Crippen molar-refractivity contribution >= 4 is 10.0 Å². The Morgan fingerprint density at radius 3 is 2.84 bits per heavy atom. The second-order valence-corrected chi connectivity index (χ2v) is 5.79. The summed E-state index contributed by atoms with van der Waals surface area (Å²) in [6.45, 7) is 0.456. The van der Waals surface area contributed by atoms with Crippen molar-refractivity contribution in [3.05, 3.63) is 35.9 Å². The van der Waals surface area contributed by atoms with Gasteiger partial charge in [0.2, 0.25) is 5.09 Å². The van der Waals surface area contributed by atoms with E-state index in [1.807, 2.05) is 13.2 Å². The largest absolute Gasteiger partial charge is 0.447 e. The van der Waals surface area contributed by atoms with Crippen LogP contribution < -0.4 is 10.5 Å². The van der Waals surface area contributed by atoms with Crippen LogP contribution in [-0.4, -0.2) is 24.7 Å². The van der Waals surface area contributed by atoms with Gasteiger partial charge in [0.15, 0.2) is 0 Å². The summed E-state index contributed by atoms with van der Waals surface area (Å²) < 4.78 is 33.0. The zero-order valence-corrected chi connectivity index (χ0v) is 11.4. The lowest BCUT2D eigenvalue weighted by Gasteiger charge is -2.02. The van der Waals surface area contributed by atoms with Gasteiger partial charge in [-0.2, -0.15) is 5.10 Å². The molecule has 0 atom stereocenters. The topological polar surface area (TPSA) is 103 Å². The molecule has 0 amide bonds. The fourth-order valence-electron chi connectivity index (χ4n) is 1.61. The van der Waals surface area contributed by atoms with Crippen LogP contribution >= 0.6 is 0 Å². The van der Waals surface area contributed by atoms with E-state index >= 15 is 0 Å². The molecule has 2 aromatic rings. The summed E-state index contributed by atoms with van der Waals surface area (Å²) in [5.74, 6) is 0.438. The van der Waals surface area contributed by atoms with Crippen LogP contribution in [0.1, 0.15) is 11.3 Å². The van der Waals surface area contributed by atoms with Gasteiger partial charge in [0, 0.05) is 19.8 Å². The molecule has 0 saturated carbocycles. The first-order chi connectivity index (χ1) is 9.01. The first-order valence-electron chi connectivity index (χ1n) is 5.77. The van der Waals surface area contributed by atoms with Crippen molar-refractivity contribution in [2.75, 3.05) is 6.54 Å². The summed E-state index contributed by atoms with van der Waals surface area (Å²) in [7, 11) is -1.80. The Morgan fingerprint density at radius 1 is 1.47 bits per heavy atom. The molecular weight excluding hydrogens is 268 g/mol. The van der Waals surface area contributed by atoms with Crippen LogP contribution in [0.2, 0.25) is 0 Å². The SMILES string of the molecule is Cn1cc(CCNS(=O)(=O)c2ccc(CN)o2)cn1. The molecule has 0 aliphatic carbocycles. The summed E-state index contributed by atoms with van der Waals surface area (Å²) >= 11 is 0. The minimum Gasteiger partial charge on any atom is -0.447 e. The number of nitrogens with zero attached hydrogens (tertiary/aromatic N) is 2. The molecule has 2 rings (SSSR count). The molecule has 0 aliphatic heterocycles. The van der Waals surface area contributed by atoms with Crippen molar-refractivity contribution in [2.24, 2.45) is 12.8 Å². The van der Waals surface area contributed by atoms with E-state index in [1.165, 1.54) is 6.07 Å². The third-order valence-corrected chi connectivity index (χ3v) is 3.90. The lowest BCUT2D eigenvalue weighted by Crippen LogP contribution is -2.25. The average molecular weight is 284 g/mol. The zero-order chi connectivity index (χ0) is 13.9. The van der Waals surface area contributed by atoms with Crippen LogP contribution in [0.5, 0.6) is 0 Å². The third-order valence-electron chi connectivity index (χ3n) is 2.57. The number of nitrogens with two attached hydrogens (primary N) is 1. The Kier molecular flexibility index (Phi) is 4.03. The quantitative estimate of drug-likeness (QED) is 0.776. The third kappa shape index (κ3) is 3.43. The fraction of sp³-hybridized carbons (Fsp3) is 0.364. The van der Waals surface area contributed by atoms with E-state index in [0.717, 1.165) is 5.56 Å². The van der Waals surface area contributed by atoms with Gasteiger partial charge in [-0.15, -0.1) is 0 Å². The van der Waals surface area contributed by atoms with Gasteiger partial charge in [-0.1, -0.05) is 0 Å². The molecule has 3 N–H and O–H groups in total. The highest BCUT2D eigenvalue weighted by Crippen LogP contribution is 2.13. The van der Waals surface area contributed by atoms with Gasteiger partial charge in [-0.3, -0.25) is 4.68 Å². The molecule has 0 radical (unpaired) electrons. The molecule has 0 fully saturated rings. The maximum Gasteiger partial charge on any atom is 0.273 e. The molecule has 0 aromatic carbocycles. The second kappa shape index (κ2) is 5.55. The Morgan fingerprint density at radius 2 is 2.26 bits per heavy atom. The highest BCUT2D eigenvalue weighted by molar-refractivity contribution is 7.89. The molecule has 0 unspecified atom stereocenters. The van der Waals surface area contributed by atoms with E-state index in [1.54, 1.807) is 16.9 Å². The Hall–Kier alpha value is -1.64. The lowest BCUT2D eigenvalue weighted by atomic mass is 10.3. The van der Waals surface area contributed by atoms with Gasteiger partial charge in [0.05, 0.1) is 12.7 Å². The highest BCUT2D eigenvalue weighted by atomic mass is 32.2. The van der Waals surface area contributed by atoms with Gasteiger partial charge >= 0.3 is 0 Å². The van der Waals surface area contributed by atoms with Crippen molar-refractivity contribution in [1.29, 1.82) is 0 Å². The number of rotatable bonds is 6. The van der Waals surface area contributed by atoms with Crippen molar-refractivity contribution in [3.8, 4) is 0 Å². The van der Waals surface area contributed by atoms with Crippen molar-refractivity contribution in [2.45, 2.75) is 18.1 Å². The minimum atomic E-state index is -3.61. The Bertz CT molecular complexity index is 644. The molecular formula is C11H16N4O3S. The molecule has 2 aromatic heterocycles. The maximum atomic E-state index is 11.9. The maximum absolute atomic E-state index is 11.9. The van der Waals surface area contributed by atoms with E-state index in [2.05, 4.69) is 9.82 Å². The predicted octanol–water partition coefficient (Wildman–Crippen LogP) is -0.00720. The molecule has 0 bridgehead atoms. The van der Waals surface area contributed by atoms with Crippen LogP contribution in [0.4, 0.5) is 0 Å². The summed E-state index contributed by atoms with van der Waals surface area (Å²) in [5, 5.41) is 3.90. The number of hydrogen-bond donors (Lipinski definition) is 2. The predicted molar refractivity (Wildman–Crippen MR) is 68.7 cm³/mol. The van der Waals surface area contributed by atoms with E-state index in [4.69, 9.17) is 10.2 Å². The van der Waals surface area contributed by atoms with E-state index in [-0.39, 0.29) is 18.2 Å². The summed E-state index contributed by atoms with van der Waals surface area (Å²) in [4.78, 5) is 0. The van der Waals surface area contributed by atoms with Crippen LogP contribution in [-0.2, 0) is 30.0 Å². The summed E-state index contributed by atoms with van der Waals surface area (Å²) in [6.07, 6.45) is 4.11. The van der Waals surface area contributed by atoms with E-state index in [9.17, 15) is 8.42 Å². The van der Waals surface area contributed by atoms with Crippen molar-refractivity contribution < 1.29 is 12.8 Å². The monoisotopic (exact) mass is 284 g/mol. The van der Waals surface area contributed by atoms with E-state index < -0.39 is 10.0 Å². The van der Waals surface area contributed by atoms with Gasteiger partial charge in [-0.25, -0.2) is 13.1 Å². The average Bonchev–Trinajstić information content (AvgIpc) is 2.98. The number of furan rings is 1. The standard InChI is InChI=1S/C11H16N4O3S/c1-15-8-9(7-13-15)4-5-14-19(16,17)11-3-2-10(6-12)18-11/h2-3,7-8,14H,4-6,12H2,1H3. The zero-order valence-electron chi connectivity index (χ0n) is 10.5. The Labute approximate surface area is 111 Å². The van der Waals surface area contributed by atoms with Gasteiger partial charge in [0.1, 0.15) is 5.76 Å². The molecule has 0 aliphatic rings. The lowest BCUT2D eigenvalue weighted by molar-refractivity contribution is 0.413. The van der Waals surface area contributed by atoms with Crippen LogP contribution in [0.25, 0.3) is 0 Å². The number of nitrogens with one attached hydrogen (secondary N) is 1. The molecule has 2 heterocycles. The van der Waals surface area contributed by atoms with Gasteiger partial charge in [0.25, 0.3) is 10.0 Å². The van der Waals surface area contributed by atoms with Crippen molar-refractivity contribution in [3.63, 3.8) is 0 Å². The molecule has 19 heavy (non-hydrogen) atoms. The number of aromatic nitrogens is 2. The highest BCUT2D eigenvalue weighted by Gasteiger charge is 2.17. The normalized spacial score (nSPS) is 11.9. The smallest absolute Gasteiger partial charge is 0.273 e. The summed E-state index contributed by atoms with van der Waals surface area (Å²) in [5.41, 5.74) is 6.33. The molecule has 0 saturated heterocycles. The van der Waals surface area contributed by atoms with Crippen LogP contribution in [0, 0.1) is 0 Å². The molecule has 104 valence electrons. The first kappa shape index (κ1) is 13.8. The first-order valence-corrected chi connectivity index (χ1v) is 7.25. The van der Waals surface area contributed by atoms with Crippen molar-refractivity contribution in [1.82, 2.24) is 14.5 Å². The molecule has 7 nitrogen and oxygen atoms in total. The Balaban J connectivity index is 1.94. The number of hydrogen-bond acceptors (Lipinski definition) is 5. The van der Waals surface area contributed by atoms with E-state index in [0.29, 0.717) is 12.2 Å². The number of sulfonamides is 1. The minimum absolute atomic E-state index is 0.112. The molecule has 0 spiro atoms.